The minimum Gasteiger partial charge on any atom is -0.389 e. The van der Waals surface area contributed by atoms with Crippen molar-refractivity contribution in [2.75, 3.05) is 18.5 Å². The quantitative estimate of drug-likeness (QED) is 0.717. The first kappa shape index (κ1) is 21.5. The average molecular weight is 451 g/mol. The van der Waals surface area contributed by atoms with Gasteiger partial charge in [-0.1, -0.05) is 11.6 Å². The summed E-state index contributed by atoms with van der Waals surface area (Å²) in [5.41, 5.74) is -0.448. The number of anilines is 1. The molecule has 1 saturated heterocycles. The molecule has 0 bridgehead atoms. The first-order chi connectivity index (χ1) is 15.4. The fourth-order valence-corrected chi connectivity index (χ4v) is 5.12. The topological polar surface area (TPSA) is 73.6 Å². The number of halogens is 3. The third-order valence-electron chi connectivity index (χ3n) is 6.82. The van der Waals surface area contributed by atoms with E-state index in [1.54, 1.807) is 6.20 Å². The van der Waals surface area contributed by atoms with E-state index in [2.05, 4.69) is 20.6 Å². The standard InChI is InChI=1S/C22H28F3N5O2/c1-2-30-20-15(13-26-30)18(27-14-6-10-31-11-7-14)17(19(28-20)22(23,24)25)16-12-21(32-29-16)8-4-3-5-9-21/h13-14H,2-12H2,1H3,(H,27,28). The normalized spacial score (nSPS) is 21.7. The Hall–Kier alpha value is -2.36. The van der Waals surface area contributed by atoms with Crippen LogP contribution in [0.2, 0.25) is 0 Å². The molecule has 5 rings (SSSR count). The van der Waals surface area contributed by atoms with E-state index in [1.165, 1.54) is 4.68 Å². The van der Waals surface area contributed by atoms with Gasteiger partial charge in [-0.25, -0.2) is 9.67 Å². The van der Waals surface area contributed by atoms with Gasteiger partial charge < -0.3 is 14.9 Å². The van der Waals surface area contributed by atoms with E-state index in [9.17, 15) is 13.2 Å². The summed E-state index contributed by atoms with van der Waals surface area (Å²) in [5, 5.41) is 12.5. The predicted molar refractivity (Wildman–Crippen MR) is 114 cm³/mol. The van der Waals surface area contributed by atoms with Crippen LogP contribution in [-0.4, -0.2) is 45.3 Å². The number of oxime groups is 1. The summed E-state index contributed by atoms with van der Waals surface area (Å²) in [6.45, 7) is 3.42. The van der Waals surface area contributed by atoms with Crippen LogP contribution in [0.5, 0.6) is 0 Å². The van der Waals surface area contributed by atoms with Crippen LogP contribution < -0.4 is 5.32 Å². The van der Waals surface area contributed by atoms with Crippen LogP contribution in [0, 0.1) is 0 Å². The van der Waals surface area contributed by atoms with Gasteiger partial charge in [0.05, 0.1) is 28.5 Å². The van der Waals surface area contributed by atoms with E-state index in [4.69, 9.17) is 9.57 Å². The Morgan fingerprint density at radius 2 is 1.94 bits per heavy atom. The van der Waals surface area contributed by atoms with E-state index in [1.807, 2.05) is 6.92 Å². The third-order valence-corrected chi connectivity index (χ3v) is 6.82. The number of fused-ring (bicyclic) bond motifs is 1. The summed E-state index contributed by atoms with van der Waals surface area (Å²) >= 11 is 0. The van der Waals surface area contributed by atoms with Gasteiger partial charge in [-0.05, 0) is 45.4 Å². The van der Waals surface area contributed by atoms with Crippen molar-refractivity contribution in [3.8, 4) is 0 Å². The van der Waals surface area contributed by atoms with E-state index >= 15 is 0 Å². The first-order valence-electron chi connectivity index (χ1n) is 11.5. The van der Waals surface area contributed by atoms with Crippen LogP contribution >= 0.6 is 0 Å². The zero-order valence-corrected chi connectivity index (χ0v) is 18.2. The summed E-state index contributed by atoms with van der Waals surface area (Å²) in [7, 11) is 0. The van der Waals surface area contributed by atoms with Gasteiger partial charge in [0.2, 0.25) is 0 Å². The van der Waals surface area contributed by atoms with Crippen LogP contribution in [0.15, 0.2) is 11.4 Å². The molecule has 174 valence electrons. The number of hydrogen-bond acceptors (Lipinski definition) is 6. The lowest BCUT2D eigenvalue weighted by Crippen LogP contribution is -2.33. The molecule has 32 heavy (non-hydrogen) atoms. The summed E-state index contributed by atoms with van der Waals surface area (Å²) in [5.74, 6) is 0. The number of pyridine rings is 1. The zero-order valence-electron chi connectivity index (χ0n) is 18.2. The van der Waals surface area contributed by atoms with Crippen LogP contribution in [0.1, 0.15) is 69.5 Å². The lowest BCUT2D eigenvalue weighted by molar-refractivity contribution is -0.141. The highest BCUT2D eigenvalue weighted by atomic mass is 19.4. The molecule has 0 amide bonds. The van der Waals surface area contributed by atoms with E-state index in [0.717, 1.165) is 44.9 Å². The van der Waals surface area contributed by atoms with Crippen molar-refractivity contribution in [2.45, 2.75) is 82.7 Å². The van der Waals surface area contributed by atoms with Gasteiger partial charge in [0.25, 0.3) is 0 Å². The van der Waals surface area contributed by atoms with E-state index in [0.29, 0.717) is 43.0 Å². The van der Waals surface area contributed by atoms with Gasteiger partial charge in [0, 0.05) is 32.2 Å². The van der Waals surface area contributed by atoms with Crippen LogP contribution in [-0.2, 0) is 22.3 Å². The number of alkyl halides is 3. The van der Waals surface area contributed by atoms with Gasteiger partial charge in [-0.2, -0.15) is 18.3 Å². The maximum atomic E-state index is 14.3. The third kappa shape index (κ3) is 3.82. The Morgan fingerprint density at radius 1 is 1.19 bits per heavy atom. The largest absolute Gasteiger partial charge is 0.434 e. The second-order valence-corrected chi connectivity index (χ2v) is 8.99. The highest BCUT2D eigenvalue weighted by molar-refractivity contribution is 6.12. The molecule has 2 fully saturated rings. The molecule has 1 saturated carbocycles. The molecule has 1 aliphatic carbocycles. The molecule has 7 nitrogen and oxygen atoms in total. The van der Waals surface area contributed by atoms with Gasteiger partial charge in [0.1, 0.15) is 5.60 Å². The minimum absolute atomic E-state index is 0.00530. The number of nitrogens with one attached hydrogen (secondary N) is 1. The van der Waals surface area contributed by atoms with Crippen molar-refractivity contribution in [1.29, 1.82) is 0 Å². The van der Waals surface area contributed by atoms with Crippen molar-refractivity contribution in [3.63, 3.8) is 0 Å². The molecular weight excluding hydrogens is 423 g/mol. The predicted octanol–water partition coefficient (Wildman–Crippen LogP) is 4.89. The second-order valence-electron chi connectivity index (χ2n) is 8.99. The molecule has 1 N–H and O–H groups in total. The molecule has 0 radical (unpaired) electrons. The molecule has 0 atom stereocenters. The van der Waals surface area contributed by atoms with E-state index < -0.39 is 17.5 Å². The maximum absolute atomic E-state index is 14.3. The molecule has 2 aliphatic heterocycles. The smallest absolute Gasteiger partial charge is 0.389 e. The Morgan fingerprint density at radius 3 is 2.62 bits per heavy atom. The molecule has 4 heterocycles. The zero-order chi connectivity index (χ0) is 22.3. The highest BCUT2D eigenvalue weighted by Gasteiger charge is 2.46. The molecule has 0 aromatic carbocycles. The van der Waals surface area contributed by atoms with Gasteiger partial charge in [0.15, 0.2) is 11.3 Å². The highest BCUT2D eigenvalue weighted by Crippen LogP contribution is 2.44. The van der Waals surface area contributed by atoms with Crippen molar-refractivity contribution < 1.29 is 22.7 Å². The molecule has 2 aromatic rings. The van der Waals surface area contributed by atoms with Crippen molar-refractivity contribution in [1.82, 2.24) is 14.8 Å². The number of aryl methyl sites for hydroxylation is 1. The average Bonchev–Trinajstić information content (AvgIpc) is 3.38. The molecule has 3 aliphatic rings. The second kappa shape index (κ2) is 8.20. The summed E-state index contributed by atoms with van der Waals surface area (Å²) < 4.78 is 49.9. The van der Waals surface area contributed by atoms with Crippen LogP contribution in [0.25, 0.3) is 11.0 Å². The first-order valence-corrected chi connectivity index (χ1v) is 11.5. The Bertz CT molecular complexity index is 1020. The molecule has 1 spiro atoms. The number of rotatable bonds is 4. The lowest BCUT2D eigenvalue weighted by atomic mass is 9.80. The van der Waals surface area contributed by atoms with E-state index in [-0.39, 0.29) is 17.3 Å². The van der Waals surface area contributed by atoms with Gasteiger partial charge >= 0.3 is 6.18 Å². The summed E-state index contributed by atoms with van der Waals surface area (Å²) in [6, 6.07) is 0.00530. The monoisotopic (exact) mass is 451 g/mol. The van der Waals surface area contributed by atoms with Crippen LogP contribution in [0.3, 0.4) is 0 Å². The number of hydrogen-bond donors (Lipinski definition) is 1. The fraction of sp³-hybridized carbons (Fsp3) is 0.682. The Labute approximate surface area is 184 Å². The number of ether oxygens (including phenoxy) is 1. The molecule has 2 aromatic heterocycles. The minimum atomic E-state index is -4.64. The van der Waals surface area contributed by atoms with Crippen molar-refractivity contribution in [2.24, 2.45) is 5.16 Å². The van der Waals surface area contributed by atoms with Crippen molar-refractivity contribution in [3.05, 3.63) is 17.5 Å². The summed E-state index contributed by atoms with van der Waals surface area (Å²) in [4.78, 5) is 9.91. The molecule has 10 heteroatoms. The molecular formula is C22H28F3N5O2. The van der Waals surface area contributed by atoms with Gasteiger partial charge in [-0.15, -0.1) is 0 Å². The SMILES string of the molecule is CCn1ncc2c(NC3CCOCC3)c(C3=NOC4(CCCCC4)C3)c(C(F)(F)F)nc21. The Kier molecular flexibility index (Phi) is 5.51. The number of nitrogens with zero attached hydrogens (tertiary/aromatic N) is 4. The number of aromatic nitrogens is 3. The van der Waals surface area contributed by atoms with Crippen LogP contribution in [0.4, 0.5) is 18.9 Å². The van der Waals surface area contributed by atoms with Gasteiger partial charge in [-0.3, -0.25) is 0 Å². The maximum Gasteiger partial charge on any atom is 0.434 e. The summed E-state index contributed by atoms with van der Waals surface area (Å²) in [6.07, 6.45) is 3.53. The lowest BCUT2D eigenvalue weighted by Gasteiger charge is -2.30. The molecule has 0 unspecified atom stereocenters. The fourth-order valence-electron chi connectivity index (χ4n) is 5.12. The van der Waals surface area contributed by atoms with Crippen molar-refractivity contribution >= 4 is 22.4 Å². The Balaban J connectivity index is 1.66.